The molecule has 1 aliphatic carbocycles. The van der Waals surface area contributed by atoms with Crippen molar-refractivity contribution in [1.29, 1.82) is 0 Å². The summed E-state index contributed by atoms with van der Waals surface area (Å²) in [5, 5.41) is 15.1. The van der Waals surface area contributed by atoms with Gasteiger partial charge in [-0.05, 0) is 18.8 Å². The number of aromatic nitrogens is 2. The molecular formula is C12H20N4O2. The van der Waals surface area contributed by atoms with Crippen LogP contribution in [0.25, 0.3) is 0 Å². The lowest BCUT2D eigenvalue weighted by Gasteiger charge is -2.20. The van der Waals surface area contributed by atoms with Crippen LogP contribution < -0.4 is 5.73 Å². The van der Waals surface area contributed by atoms with Crippen molar-refractivity contribution in [2.75, 3.05) is 5.73 Å². The Morgan fingerprint density at radius 2 is 2.11 bits per heavy atom. The molecule has 6 heteroatoms. The number of aryl methyl sites for hydroxylation is 2. The second kappa shape index (κ2) is 5.37. The number of nitrogens with zero attached hydrogens (tertiary/aromatic N) is 3. The average Bonchev–Trinajstić information content (AvgIpc) is 2.64. The van der Waals surface area contributed by atoms with Gasteiger partial charge < -0.3 is 5.73 Å². The number of nitrogen functional groups attached to an aromatic ring is 1. The van der Waals surface area contributed by atoms with E-state index in [0.29, 0.717) is 18.0 Å². The fourth-order valence-corrected chi connectivity index (χ4v) is 2.77. The van der Waals surface area contributed by atoms with Gasteiger partial charge in [-0.1, -0.05) is 32.1 Å². The molecule has 2 N–H and O–H groups in total. The molecule has 0 aromatic carbocycles. The smallest absolute Gasteiger partial charge is 0.333 e. The summed E-state index contributed by atoms with van der Waals surface area (Å²) in [7, 11) is 1.65. The van der Waals surface area contributed by atoms with Crippen LogP contribution in [0.2, 0.25) is 0 Å². The van der Waals surface area contributed by atoms with E-state index in [1.54, 1.807) is 7.05 Å². The largest absolute Gasteiger partial charge is 0.378 e. The first-order valence-corrected chi connectivity index (χ1v) is 6.55. The summed E-state index contributed by atoms with van der Waals surface area (Å²) < 4.78 is 1.40. The number of nitrogens with two attached hydrogens (primary N) is 1. The molecule has 18 heavy (non-hydrogen) atoms. The van der Waals surface area contributed by atoms with Crippen molar-refractivity contribution in [3.63, 3.8) is 0 Å². The Balaban J connectivity index is 2.04. The van der Waals surface area contributed by atoms with Crippen LogP contribution in [-0.2, 0) is 13.5 Å². The van der Waals surface area contributed by atoms with Crippen molar-refractivity contribution < 1.29 is 4.92 Å². The summed E-state index contributed by atoms with van der Waals surface area (Å²) in [5.74, 6) is 0.847. The zero-order valence-electron chi connectivity index (χ0n) is 10.8. The van der Waals surface area contributed by atoms with E-state index in [9.17, 15) is 10.1 Å². The quantitative estimate of drug-likeness (QED) is 0.658. The van der Waals surface area contributed by atoms with Gasteiger partial charge in [-0.2, -0.15) is 5.10 Å². The Morgan fingerprint density at radius 1 is 1.44 bits per heavy atom. The van der Waals surface area contributed by atoms with Crippen LogP contribution in [0.5, 0.6) is 0 Å². The number of nitro groups is 1. The molecule has 1 fully saturated rings. The maximum Gasteiger partial charge on any atom is 0.333 e. The van der Waals surface area contributed by atoms with Crippen molar-refractivity contribution in [1.82, 2.24) is 9.78 Å². The second-order valence-corrected chi connectivity index (χ2v) is 5.10. The highest BCUT2D eigenvalue weighted by Gasteiger charge is 2.25. The molecule has 1 aromatic rings. The molecule has 0 unspecified atom stereocenters. The van der Waals surface area contributed by atoms with Gasteiger partial charge in [0.05, 0.1) is 4.92 Å². The Labute approximate surface area is 106 Å². The lowest BCUT2D eigenvalue weighted by Crippen LogP contribution is -2.08. The van der Waals surface area contributed by atoms with Gasteiger partial charge in [-0.3, -0.25) is 10.1 Å². The molecule has 0 amide bonds. The zero-order valence-corrected chi connectivity index (χ0v) is 10.8. The van der Waals surface area contributed by atoms with Crippen LogP contribution in [-0.4, -0.2) is 14.7 Å². The van der Waals surface area contributed by atoms with Crippen molar-refractivity contribution in [2.24, 2.45) is 13.0 Å². The molecule has 0 saturated heterocycles. The van der Waals surface area contributed by atoms with Crippen LogP contribution in [0.1, 0.15) is 44.2 Å². The molecule has 100 valence electrons. The summed E-state index contributed by atoms with van der Waals surface area (Å²) in [4.78, 5) is 10.6. The molecule has 0 bridgehead atoms. The average molecular weight is 252 g/mol. The van der Waals surface area contributed by atoms with E-state index in [0.717, 1.165) is 6.42 Å². The Hall–Kier alpha value is -1.59. The monoisotopic (exact) mass is 252 g/mol. The van der Waals surface area contributed by atoms with Crippen LogP contribution in [0.4, 0.5) is 11.5 Å². The maximum absolute atomic E-state index is 11.0. The van der Waals surface area contributed by atoms with Crippen LogP contribution in [0.15, 0.2) is 0 Å². The molecular weight excluding hydrogens is 232 g/mol. The fourth-order valence-electron chi connectivity index (χ4n) is 2.77. The molecule has 2 rings (SSSR count). The molecule has 1 saturated carbocycles. The van der Waals surface area contributed by atoms with E-state index in [4.69, 9.17) is 5.73 Å². The molecule has 0 spiro atoms. The molecule has 0 aliphatic heterocycles. The summed E-state index contributed by atoms with van der Waals surface area (Å²) in [6.45, 7) is 0. The van der Waals surface area contributed by atoms with Gasteiger partial charge in [0.15, 0.2) is 0 Å². The first-order valence-electron chi connectivity index (χ1n) is 6.55. The highest BCUT2D eigenvalue weighted by atomic mass is 16.6. The third-order valence-corrected chi connectivity index (χ3v) is 3.83. The van der Waals surface area contributed by atoms with Gasteiger partial charge in [-0.25, -0.2) is 4.68 Å². The van der Waals surface area contributed by atoms with Crippen molar-refractivity contribution in [2.45, 2.75) is 44.9 Å². The molecule has 0 atom stereocenters. The van der Waals surface area contributed by atoms with Crippen LogP contribution in [0, 0.1) is 16.0 Å². The van der Waals surface area contributed by atoms with Gasteiger partial charge in [0, 0.05) is 7.05 Å². The topological polar surface area (TPSA) is 87.0 Å². The summed E-state index contributed by atoms with van der Waals surface area (Å²) >= 11 is 0. The number of rotatable bonds is 4. The standard InChI is InChI=1S/C12H20N4O2/c1-15-12(13)11(16(17)18)10(14-15)8-7-9-5-3-2-4-6-9/h9H,2-8,13H2,1H3. The van der Waals surface area contributed by atoms with Crippen molar-refractivity contribution in [3.8, 4) is 0 Å². The summed E-state index contributed by atoms with van der Waals surface area (Å²) in [5.41, 5.74) is 6.20. The maximum atomic E-state index is 11.0. The number of hydrogen-bond acceptors (Lipinski definition) is 4. The highest BCUT2D eigenvalue weighted by molar-refractivity contribution is 5.56. The zero-order chi connectivity index (χ0) is 13.1. The van der Waals surface area contributed by atoms with E-state index in [2.05, 4.69) is 5.10 Å². The summed E-state index contributed by atoms with van der Waals surface area (Å²) in [6.07, 6.45) is 8.04. The lowest BCUT2D eigenvalue weighted by molar-refractivity contribution is -0.384. The minimum absolute atomic E-state index is 0.00619. The first kappa shape index (κ1) is 12.9. The van der Waals surface area contributed by atoms with Gasteiger partial charge in [-0.15, -0.1) is 0 Å². The minimum atomic E-state index is -0.418. The minimum Gasteiger partial charge on any atom is -0.378 e. The third-order valence-electron chi connectivity index (χ3n) is 3.83. The predicted molar refractivity (Wildman–Crippen MR) is 69.2 cm³/mol. The highest BCUT2D eigenvalue weighted by Crippen LogP contribution is 2.31. The summed E-state index contributed by atoms with van der Waals surface area (Å²) in [6, 6.07) is 0. The predicted octanol–water partition coefficient (Wildman–Crippen LogP) is 2.42. The van der Waals surface area contributed by atoms with Gasteiger partial charge in [0.25, 0.3) is 0 Å². The van der Waals surface area contributed by atoms with E-state index in [1.807, 2.05) is 0 Å². The molecule has 1 heterocycles. The third kappa shape index (κ3) is 2.63. The first-order chi connectivity index (χ1) is 8.59. The lowest BCUT2D eigenvalue weighted by atomic mass is 9.86. The van der Waals surface area contributed by atoms with E-state index >= 15 is 0 Å². The Kier molecular flexibility index (Phi) is 3.84. The fraction of sp³-hybridized carbons (Fsp3) is 0.750. The van der Waals surface area contributed by atoms with Crippen molar-refractivity contribution >= 4 is 11.5 Å². The SMILES string of the molecule is Cn1nc(CCC2CCCCC2)c([N+](=O)[O-])c1N. The van der Waals surface area contributed by atoms with Crippen molar-refractivity contribution in [3.05, 3.63) is 15.8 Å². The van der Waals surface area contributed by atoms with Crippen LogP contribution >= 0.6 is 0 Å². The van der Waals surface area contributed by atoms with Crippen LogP contribution in [0.3, 0.4) is 0 Å². The van der Waals surface area contributed by atoms with E-state index < -0.39 is 4.92 Å². The molecule has 1 aliphatic rings. The normalized spacial score (nSPS) is 16.9. The molecule has 0 radical (unpaired) electrons. The second-order valence-electron chi connectivity index (χ2n) is 5.10. The Morgan fingerprint density at radius 3 is 2.72 bits per heavy atom. The van der Waals surface area contributed by atoms with E-state index in [1.165, 1.54) is 36.8 Å². The Bertz CT molecular complexity index is 436. The van der Waals surface area contributed by atoms with Gasteiger partial charge in [0.1, 0.15) is 5.69 Å². The molecule has 1 aromatic heterocycles. The molecule has 6 nitrogen and oxygen atoms in total. The van der Waals surface area contributed by atoms with Gasteiger partial charge >= 0.3 is 5.69 Å². The van der Waals surface area contributed by atoms with Gasteiger partial charge in [0.2, 0.25) is 5.82 Å². The number of hydrogen-bond donors (Lipinski definition) is 1. The van der Waals surface area contributed by atoms with E-state index in [-0.39, 0.29) is 11.5 Å². The number of anilines is 1.